The first-order valence-electron chi connectivity index (χ1n) is 34.2. The van der Waals surface area contributed by atoms with Gasteiger partial charge in [0.05, 0.1) is 0 Å². The molecule has 0 fully saturated rings. The molecular weight excluding hydrogens is 925 g/mol. The average molecular weight is 1060 g/mol. The third kappa shape index (κ3) is 59.9. The van der Waals surface area contributed by atoms with Gasteiger partial charge in [0.2, 0.25) is 0 Å². The van der Waals surface area contributed by atoms with Gasteiger partial charge in [0.25, 0.3) is 0 Å². The summed E-state index contributed by atoms with van der Waals surface area (Å²) in [5.41, 5.74) is 0. The number of hydrogen-bond acceptors (Lipinski definition) is 6. The van der Waals surface area contributed by atoms with Crippen LogP contribution < -0.4 is 0 Å². The normalized spacial score (nSPS) is 12.8. The summed E-state index contributed by atoms with van der Waals surface area (Å²) < 4.78 is 17.0. The summed E-state index contributed by atoms with van der Waals surface area (Å²) in [6.07, 6.45) is 66.7. The molecule has 0 aliphatic heterocycles. The minimum atomic E-state index is -0.765. The van der Waals surface area contributed by atoms with E-state index in [0.29, 0.717) is 19.3 Å². The van der Waals surface area contributed by atoms with Gasteiger partial charge in [0.1, 0.15) is 13.2 Å². The summed E-state index contributed by atoms with van der Waals surface area (Å²) in [5, 5.41) is 0. The van der Waals surface area contributed by atoms with Crippen LogP contribution in [0.5, 0.6) is 0 Å². The molecular formula is C69H134O6. The van der Waals surface area contributed by atoms with Crippen LogP contribution in [0.4, 0.5) is 0 Å². The average Bonchev–Trinajstić information content (AvgIpc) is 3.40. The predicted octanol–water partition coefficient (Wildman–Crippen LogP) is 23.0. The lowest BCUT2D eigenvalue weighted by Gasteiger charge is -2.18. The zero-order valence-electron chi connectivity index (χ0n) is 51.9. The smallest absolute Gasteiger partial charge is 0.306 e. The maximum atomic E-state index is 12.9. The zero-order chi connectivity index (χ0) is 54.8. The Balaban J connectivity index is 4.25. The van der Waals surface area contributed by atoms with E-state index in [1.54, 1.807) is 0 Å². The Bertz CT molecular complexity index is 1170. The quantitative estimate of drug-likeness (QED) is 0.0343. The lowest BCUT2D eigenvalue weighted by molar-refractivity contribution is -0.167. The molecule has 446 valence electrons. The first kappa shape index (κ1) is 73.4. The van der Waals surface area contributed by atoms with Gasteiger partial charge < -0.3 is 14.2 Å². The molecule has 0 aromatic rings. The standard InChI is InChI=1S/C69H134O6/c1-7-64(5)56-50-44-38-32-26-22-18-14-10-12-16-20-24-28-36-42-48-54-60-69(72)75-66(62-74-68(71)59-53-47-41-35-30-29-33-39-45-51-57-65(6)8-2)61-73-67(70)58-52-46-40-34-27-23-19-15-11-9-13-17-21-25-31-37-43-49-55-63(3)4/h63-66H,7-62H2,1-6H3/t64?,65?,66-/m1/s1. The van der Waals surface area contributed by atoms with Gasteiger partial charge in [-0.3, -0.25) is 14.4 Å². The number of carbonyl (C=O) groups excluding carboxylic acids is 3. The highest BCUT2D eigenvalue weighted by molar-refractivity contribution is 5.71. The maximum absolute atomic E-state index is 12.9. The lowest BCUT2D eigenvalue weighted by Crippen LogP contribution is -2.30. The van der Waals surface area contributed by atoms with E-state index in [-0.39, 0.29) is 31.1 Å². The molecule has 0 bridgehead atoms. The van der Waals surface area contributed by atoms with Crippen LogP contribution >= 0.6 is 0 Å². The molecule has 0 spiro atoms. The van der Waals surface area contributed by atoms with Gasteiger partial charge in [-0.05, 0) is 37.0 Å². The van der Waals surface area contributed by atoms with Crippen LogP contribution in [0.15, 0.2) is 0 Å². The van der Waals surface area contributed by atoms with Gasteiger partial charge in [-0.2, -0.15) is 0 Å². The van der Waals surface area contributed by atoms with E-state index in [0.717, 1.165) is 75.5 Å². The summed E-state index contributed by atoms with van der Waals surface area (Å²) in [6, 6.07) is 0. The van der Waals surface area contributed by atoms with Gasteiger partial charge in [-0.15, -0.1) is 0 Å². The van der Waals surface area contributed by atoms with Crippen molar-refractivity contribution in [2.24, 2.45) is 17.8 Å². The highest BCUT2D eigenvalue weighted by atomic mass is 16.6. The Morgan fingerprint density at radius 1 is 0.267 bits per heavy atom. The van der Waals surface area contributed by atoms with Crippen molar-refractivity contribution in [2.45, 2.75) is 394 Å². The summed E-state index contributed by atoms with van der Waals surface area (Å²) in [6.45, 7) is 13.9. The molecule has 0 radical (unpaired) electrons. The fourth-order valence-corrected chi connectivity index (χ4v) is 10.7. The van der Waals surface area contributed by atoms with Crippen molar-refractivity contribution in [2.75, 3.05) is 13.2 Å². The van der Waals surface area contributed by atoms with Crippen molar-refractivity contribution in [1.82, 2.24) is 0 Å². The molecule has 0 rings (SSSR count). The number of ether oxygens (including phenoxy) is 3. The summed E-state index contributed by atoms with van der Waals surface area (Å²) in [7, 11) is 0. The zero-order valence-corrected chi connectivity index (χ0v) is 51.9. The number of unbranched alkanes of at least 4 members (excludes halogenated alkanes) is 43. The SMILES string of the molecule is CCC(C)CCCCCCCCCCCCCCCCCCCCC(=O)O[C@H](COC(=O)CCCCCCCCCCCCCCCCCCCCC(C)C)COC(=O)CCCCCCCCCCCCC(C)CC. The second kappa shape index (κ2) is 60.1. The second-order valence-electron chi connectivity index (χ2n) is 24.8. The Labute approximate surface area is 469 Å². The van der Waals surface area contributed by atoms with Crippen molar-refractivity contribution < 1.29 is 28.6 Å². The highest BCUT2D eigenvalue weighted by Gasteiger charge is 2.20. The van der Waals surface area contributed by atoms with E-state index < -0.39 is 6.10 Å². The number of rotatable bonds is 62. The molecule has 6 heteroatoms. The summed E-state index contributed by atoms with van der Waals surface area (Å²) in [5.74, 6) is 1.81. The van der Waals surface area contributed by atoms with E-state index in [4.69, 9.17) is 14.2 Å². The molecule has 2 unspecified atom stereocenters. The fourth-order valence-electron chi connectivity index (χ4n) is 10.7. The number of esters is 3. The first-order valence-corrected chi connectivity index (χ1v) is 34.2. The van der Waals surface area contributed by atoms with Crippen molar-refractivity contribution >= 4 is 17.9 Å². The van der Waals surface area contributed by atoms with Gasteiger partial charge >= 0.3 is 17.9 Å². The second-order valence-corrected chi connectivity index (χ2v) is 24.8. The first-order chi connectivity index (χ1) is 36.7. The third-order valence-corrected chi connectivity index (χ3v) is 16.6. The molecule has 0 N–H and O–H groups in total. The third-order valence-electron chi connectivity index (χ3n) is 16.6. The van der Waals surface area contributed by atoms with Crippen LogP contribution in [-0.4, -0.2) is 37.2 Å². The minimum Gasteiger partial charge on any atom is -0.462 e. The van der Waals surface area contributed by atoms with Crippen LogP contribution in [0.3, 0.4) is 0 Å². The highest BCUT2D eigenvalue weighted by Crippen LogP contribution is 2.20. The van der Waals surface area contributed by atoms with Crippen molar-refractivity contribution in [3.63, 3.8) is 0 Å². The Morgan fingerprint density at radius 3 is 0.693 bits per heavy atom. The number of hydrogen-bond donors (Lipinski definition) is 0. The molecule has 0 aliphatic carbocycles. The molecule has 0 aromatic carbocycles. The fraction of sp³-hybridized carbons (Fsp3) is 0.957. The van der Waals surface area contributed by atoms with Crippen LogP contribution in [0, 0.1) is 17.8 Å². The number of carbonyl (C=O) groups is 3. The van der Waals surface area contributed by atoms with E-state index >= 15 is 0 Å². The molecule has 0 heterocycles. The molecule has 75 heavy (non-hydrogen) atoms. The Kier molecular flexibility index (Phi) is 58.8. The molecule has 0 aliphatic rings. The molecule has 6 nitrogen and oxygen atoms in total. The molecule has 0 saturated heterocycles. The van der Waals surface area contributed by atoms with Crippen LogP contribution in [0.2, 0.25) is 0 Å². The molecule has 0 amide bonds. The van der Waals surface area contributed by atoms with Crippen LogP contribution in [-0.2, 0) is 28.6 Å². The van der Waals surface area contributed by atoms with Crippen molar-refractivity contribution in [3.8, 4) is 0 Å². The topological polar surface area (TPSA) is 78.9 Å². The van der Waals surface area contributed by atoms with E-state index in [9.17, 15) is 14.4 Å². The van der Waals surface area contributed by atoms with Crippen LogP contribution in [0.1, 0.15) is 388 Å². The van der Waals surface area contributed by atoms with E-state index in [1.807, 2.05) is 0 Å². The van der Waals surface area contributed by atoms with Crippen molar-refractivity contribution in [1.29, 1.82) is 0 Å². The van der Waals surface area contributed by atoms with Gasteiger partial charge in [-0.1, -0.05) is 350 Å². The predicted molar refractivity (Wildman–Crippen MR) is 326 cm³/mol. The van der Waals surface area contributed by atoms with E-state index in [1.165, 1.54) is 270 Å². The minimum absolute atomic E-state index is 0.0623. The molecule has 0 saturated carbocycles. The Hall–Kier alpha value is -1.59. The maximum Gasteiger partial charge on any atom is 0.306 e. The van der Waals surface area contributed by atoms with Crippen molar-refractivity contribution in [3.05, 3.63) is 0 Å². The Morgan fingerprint density at radius 2 is 0.467 bits per heavy atom. The van der Waals surface area contributed by atoms with E-state index in [2.05, 4.69) is 41.5 Å². The largest absolute Gasteiger partial charge is 0.462 e. The molecule has 3 atom stereocenters. The summed E-state index contributed by atoms with van der Waals surface area (Å²) in [4.78, 5) is 38.4. The lowest BCUT2D eigenvalue weighted by atomic mass is 9.99. The van der Waals surface area contributed by atoms with Gasteiger partial charge in [-0.25, -0.2) is 0 Å². The monoisotopic (exact) mass is 1060 g/mol. The summed E-state index contributed by atoms with van der Waals surface area (Å²) >= 11 is 0. The van der Waals surface area contributed by atoms with Gasteiger partial charge in [0, 0.05) is 19.3 Å². The molecule has 0 aromatic heterocycles. The van der Waals surface area contributed by atoms with Gasteiger partial charge in [0.15, 0.2) is 6.10 Å². The van der Waals surface area contributed by atoms with Crippen LogP contribution in [0.25, 0.3) is 0 Å².